The first-order chi connectivity index (χ1) is 12.6. The lowest BCUT2D eigenvalue weighted by Crippen LogP contribution is -2.47. The Kier molecular flexibility index (Phi) is 4.40. The minimum atomic E-state index is -0.0310. The van der Waals surface area contributed by atoms with Crippen LogP contribution in [-0.2, 0) is 14.3 Å². The lowest BCUT2D eigenvalue weighted by Gasteiger charge is -2.57. The fourth-order valence-corrected chi connectivity index (χ4v) is 7.06. The van der Waals surface area contributed by atoms with Crippen molar-refractivity contribution in [2.45, 2.75) is 64.6 Å². The number of nitrogens with zero attached hydrogens (tertiary/aromatic N) is 1. The number of piperidine rings is 1. The third-order valence-electron chi connectivity index (χ3n) is 8.10. The lowest BCUT2D eigenvalue weighted by atomic mass is 9.48. The van der Waals surface area contributed by atoms with Gasteiger partial charge in [-0.05, 0) is 81.5 Å². The Hall–Kier alpha value is -0.870. The molecule has 2 aliphatic heterocycles. The van der Waals surface area contributed by atoms with Gasteiger partial charge in [0.15, 0.2) is 6.29 Å². The summed E-state index contributed by atoms with van der Waals surface area (Å²) in [6, 6.07) is 0. The van der Waals surface area contributed by atoms with Gasteiger partial charge in [-0.2, -0.15) is 0 Å². The molecule has 0 aromatic carbocycles. The molecule has 6 rings (SSSR count). The van der Waals surface area contributed by atoms with Crippen LogP contribution in [0.1, 0.15) is 58.3 Å². The van der Waals surface area contributed by atoms with E-state index >= 15 is 0 Å². The van der Waals surface area contributed by atoms with Crippen LogP contribution in [-0.4, -0.2) is 43.4 Å². The van der Waals surface area contributed by atoms with Crippen molar-refractivity contribution < 1.29 is 14.3 Å². The van der Waals surface area contributed by atoms with Gasteiger partial charge < -0.3 is 14.4 Å². The SMILES string of the molecule is C/C(=C/C(=O)N1CCC(C2OCCO2)CC1)C12CC3CC(CC(C3)C1)C2. The van der Waals surface area contributed by atoms with Gasteiger partial charge in [-0.25, -0.2) is 0 Å². The van der Waals surface area contributed by atoms with E-state index in [2.05, 4.69) is 11.8 Å². The van der Waals surface area contributed by atoms with Gasteiger partial charge in [0.2, 0.25) is 5.91 Å². The summed E-state index contributed by atoms with van der Waals surface area (Å²) in [5.41, 5.74) is 1.74. The highest BCUT2D eigenvalue weighted by molar-refractivity contribution is 5.88. The van der Waals surface area contributed by atoms with Crippen molar-refractivity contribution in [1.29, 1.82) is 0 Å². The predicted octanol–water partition coefficient (Wildman–Crippen LogP) is 3.76. The number of ether oxygens (including phenoxy) is 2. The maximum Gasteiger partial charge on any atom is 0.246 e. The van der Waals surface area contributed by atoms with Gasteiger partial charge in [-0.1, -0.05) is 5.57 Å². The molecule has 0 N–H and O–H groups in total. The predicted molar refractivity (Wildman–Crippen MR) is 99.4 cm³/mol. The first-order valence-electron chi connectivity index (χ1n) is 10.8. The van der Waals surface area contributed by atoms with E-state index < -0.39 is 0 Å². The van der Waals surface area contributed by atoms with Crippen LogP contribution in [0.25, 0.3) is 0 Å². The summed E-state index contributed by atoms with van der Waals surface area (Å²) < 4.78 is 11.3. The van der Waals surface area contributed by atoms with Crippen LogP contribution < -0.4 is 0 Å². The Morgan fingerprint density at radius 1 is 0.962 bits per heavy atom. The summed E-state index contributed by atoms with van der Waals surface area (Å²) in [5, 5.41) is 0. The second-order valence-corrected chi connectivity index (χ2v) is 9.80. The summed E-state index contributed by atoms with van der Waals surface area (Å²) in [6.07, 6.45) is 12.4. The highest BCUT2D eigenvalue weighted by Gasteiger charge is 2.51. The number of allylic oxidation sites excluding steroid dienone is 1. The highest BCUT2D eigenvalue weighted by atomic mass is 16.7. The topological polar surface area (TPSA) is 38.8 Å². The molecule has 4 bridgehead atoms. The van der Waals surface area contributed by atoms with Gasteiger partial charge in [0.05, 0.1) is 13.2 Å². The zero-order chi connectivity index (χ0) is 17.7. The van der Waals surface area contributed by atoms with Crippen LogP contribution in [0.2, 0.25) is 0 Å². The second kappa shape index (κ2) is 6.63. The Morgan fingerprint density at radius 3 is 2.04 bits per heavy atom. The molecule has 0 radical (unpaired) electrons. The molecule has 4 aliphatic carbocycles. The summed E-state index contributed by atoms with van der Waals surface area (Å²) in [7, 11) is 0. The Balaban J connectivity index is 1.22. The molecule has 6 fully saturated rings. The third kappa shape index (κ3) is 3.03. The molecular formula is C22H33NO3. The molecule has 0 unspecified atom stereocenters. The number of carbonyl (C=O) groups excluding carboxylic acids is 1. The van der Waals surface area contributed by atoms with Crippen LogP contribution in [0.5, 0.6) is 0 Å². The average molecular weight is 360 g/mol. The maximum absolute atomic E-state index is 12.9. The Morgan fingerprint density at radius 2 is 1.50 bits per heavy atom. The largest absolute Gasteiger partial charge is 0.350 e. The minimum absolute atomic E-state index is 0.0310. The number of amides is 1. The van der Waals surface area contributed by atoms with Crippen molar-refractivity contribution in [1.82, 2.24) is 4.90 Å². The standard InChI is InChI=1S/C22H33NO3/c1-15(22-12-16-9-17(13-22)11-18(10-16)14-22)8-20(24)23-4-2-19(3-5-23)21-25-6-7-26-21/h8,16-19,21H,2-7,9-14H2,1H3/b15-8-. The number of hydrogen-bond acceptors (Lipinski definition) is 3. The van der Waals surface area contributed by atoms with Gasteiger partial charge in [0.1, 0.15) is 0 Å². The first kappa shape index (κ1) is 17.2. The van der Waals surface area contributed by atoms with Crippen molar-refractivity contribution in [3.8, 4) is 0 Å². The van der Waals surface area contributed by atoms with Crippen molar-refractivity contribution in [3.05, 3.63) is 11.6 Å². The molecular weight excluding hydrogens is 326 g/mol. The van der Waals surface area contributed by atoms with Crippen LogP contribution in [0.4, 0.5) is 0 Å². The average Bonchev–Trinajstić information content (AvgIpc) is 3.15. The molecule has 26 heavy (non-hydrogen) atoms. The number of carbonyl (C=O) groups is 1. The summed E-state index contributed by atoms with van der Waals surface area (Å²) >= 11 is 0. The summed E-state index contributed by atoms with van der Waals surface area (Å²) in [6.45, 7) is 5.38. The molecule has 4 saturated carbocycles. The van der Waals surface area contributed by atoms with E-state index in [1.807, 2.05) is 6.08 Å². The minimum Gasteiger partial charge on any atom is -0.350 e. The number of hydrogen-bond donors (Lipinski definition) is 0. The smallest absolute Gasteiger partial charge is 0.246 e. The van der Waals surface area contributed by atoms with E-state index in [-0.39, 0.29) is 12.2 Å². The normalized spacial score (nSPS) is 41.2. The Bertz CT molecular complexity index is 549. The summed E-state index contributed by atoms with van der Waals surface area (Å²) in [4.78, 5) is 15.0. The van der Waals surface area contributed by atoms with E-state index in [0.29, 0.717) is 11.3 Å². The number of rotatable bonds is 3. The monoisotopic (exact) mass is 359 g/mol. The quantitative estimate of drug-likeness (QED) is 0.720. The molecule has 4 nitrogen and oxygen atoms in total. The number of likely N-dealkylation sites (tertiary alicyclic amines) is 1. The summed E-state index contributed by atoms with van der Waals surface area (Å²) in [5.74, 6) is 3.49. The molecule has 1 amide bonds. The molecule has 0 aromatic heterocycles. The van der Waals surface area contributed by atoms with E-state index in [1.165, 1.54) is 44.1 Å². The maximum atomic E-state index is 12.9. The fourth-order valence-electron chi connectivity index (χ4n) is 7.06. The lowest BCUT2D eigenvalue weighted by molar-refractivity contribution is -0.132. The van der Waals surface area contributed by atoms with Crippen molar-refractivity contribution in [2.24, 2.45) is 29.1 Å². The van der Waals surface area contributed by atoms with E-state index in [4.69, 9.17) is 9.47 Å². The highest BCUT2D eigenvalue weighted by Crippen LogP contribution is 2.62. The van der Waals surface area contributed by atoms with Gasteiger partial charge in [-0.15, -0.1) is 0 Å². The van der Waals surface area contributed by atoms with Gasteiger partial charge in [0.25, 0.3) is 0 Å². The van der Waals surface area contributed by atoms with Crippen LogP contribution >= 0.6 is 0 Å². The molecule has 6 aliphatic rings. The molecule has 4 heteroatoms. The fraction of sp³-hybridized carbons (Fsp3) is 0.864. The Labute approximate surface area is 157 Å². The molecule has 2 heterocycles. The van der Waals surface area contributed by atoms with Gasteiger partial charge >= 0.3 is 0 Å². The second-order valence-electron chi connectivity index (χ2n) is 9.80. The first-order valence-corrected chi connectivity index (χ1v) is 10.8. The van der Waals surface area contributed by atoms with Gasteiger partial charge in [0, 0.05) is 25.1 Å². The third-order valence-corrected chi connectivity index (χ3v) is 8.10. The van der Waals surface area contributed by atoms with Crippen molar-refractivity contribution in [2.75, 3.05) is 26.3 Å². The van der Waals surface area contributed by atoms with Crippen molar-refractivity contribution >= 4 is 5.91 Å². The molecule has 0 aromatic rings. The zero-order valence-corrected chi connectivity index (χ0v) is 16.1. The zero-order valence-electron chi connectivity index (χ0n) is 16.1. The van der Waals surface area contributed by atoms with Crippen molar-refractivity contribution in [3.63, 3.8) is 0 Å². The molecule has 144 valence electrons. The molecule has 0 atom stereocenters. The molecule has 2 saturated heterocycles. The van der Waals surface area contributed by atoms with E-state index in [1.54, 1.807) is 0 Å². The van der Waals surface area contributed by atoms with E-state index in [0.717, 1.165) is 56.9 Å². The molecule has 0 spiro atoms. The van der Waals surface area contributed by atoms with E-state index in [9.17, 15) is 4.79 Å². The van der Waals surface area contributed by atoms with Crippen LogP contribution in [0, 0.1) is 29.1 Å². The van der Waals surface area contributed by atoms with Crippen LogP contribution in [0.3, 0.4) is 0 Å². The van der Waals surface area contributed by atoms with Gasteiger partial charge in [-0.3, -0.25) is 4.79 Å². The van der Waals surface area contributed by atoms with Crippen LogP contribution in [0.15, 0.2) is 11.6 Å².